The fraction of sp³-hybridized carbons (Fsp3) is 0.350. The standard InChI is InChI=1S/C20H22N2OS/c1-13-6-7-18-15(10-13)11-19(24-18)20(23)21-9-8-14-12-22-17-5-3-2-4-16(14)17/h2-5,11-13,22H,6-10H2,1H3,(H,21,23). The zero-order valence-corrected chi connectivity index (χ0v) is 14.7. The molecule has 1 aliphatic rings. The first-order valence-electron chi connectivity index (χ1n) is 8.65. The summed E-state index contributed by atoms with van der Waals surface area (Å²) in [5, 5.41) is 4.32. The number of thiophene rings is 1. The summed E-state index contributed by atoms with van der Waals surface area (Å²) < 4.78 is 0. The molecule has 24 heavy (non-hydrogen) atoms. The summed E-state index contributed by atoms with van der Waals surface area (Å²) in [6, 6.07) is 10.4. The number of amides is 1. The lowest BCUT2D eigenvalue weighted by molar-refractivity contribution is 0.0958. The van der Waals surface area contributed by atoms with Gasteiger partial charge in [0.15, 0.2) is 0 Å². The number of hydrogen-bond acceptors (Lipinski definition) is 2. The van der Waals surface area contributed by atoms with Gasteiger partial charge >= 0.3 is 0 Å². The van der Waals surface area contributed by atoms with Crippen LogP contribution < -0.4 is 5.32 Å². The van der Waals surface area contributed by atoms with E-state index in [1.165, 1.54) is 27.8 Å². The van der Waals surface area contributed by atoms with E-state index < -0.39 is 0 Å². The van der Waals surface area contributed by atoms with E-state index in [0.29, 0.717) is 6.54 Å². The number of carbonyl (C=O) groups excluding carboxylic acids is 1. The molecule has 1 aliphatic carbocycles. The van der Waals surface area contributed by atoms with Crippen LogP contribution in [-0.4, -0.2) is 17.4 Å². The lowest BCUT2D eigenvalue weighted by Crippen LogP contribution is -2.24. The monoisotopic (exact) mass is 338 g/mol. The Labute approximate surface area is 146 Å². The highest BCUT2D eigenvalue weighted by Crippen LogP contribution is 2.32. The molecule has 2 N–H and O–H groups in total. The largest absolute Gasteiger partial charge is 0.361 e. The lowest BCUT2D eigenvalue weighted by atomic mass is 9.90. The van der Waals surface area contributed by atoms with Crippen LogP contribution in [0.25, 0.3) is 10.9 Å². The van der Waals surface area contributed by atoms with Gasteiger partial charge in [-0.15, -0.1) is 11.3 Å². The van der Waals surface area contributed by atoms with Crippen LogP contribution in [0, 0.1) is 5.92 Å². The highest BCUT2D eigenvalue weighted by molar-refractivity contribution is 7.14. The number of aromatic amines is 1. The Morgan fingerprint density at radius 2 is 2.25 bits per heavy atom. The zero-order valence-electron chi connectivity index (χ0n) is 13.9. The summed E-state index contributed by atoms with van der Waals surface area (Å²) >= 11 is 1.68. The topological polar surface area (TPSA) is 44.9 Å². The van der Waals surface area contributed by atoms with Crippen molar-refractivity contribution in [1.82, 2.24) is 10.3 Å². The molecule has 3 nitrogen and oxygen atoms in total. The normalized spacial score (nSPS) is 17.0. The Kier molecular flexibility index (Phi) is 4.15. The Morgan fingerprint density at radius 3 is 3.17 bits per heavy atom. The van der Waals surface area contributed by atoms with Gasteiger partial charge in [-0.25, -0.2) is 0 Å². The second-order valence-corrected chi connectivity index (χ2v) is 7.91. The van der Waals surface area contributed by atoms with E-state index in [0.717, 1.165) is 35.6 Å². The Morgan fingerprint density at radius 1 is 1.38 bits per heavy atom. The summed E-state index contributed by atoms with van der Waals surface area (Å²) in [7, 11) is 0. The van der Waals surface area contributed by atoms with Crippen LogP contribution >= 0.6 is 11.3 Å². The summed E-state index contributed by atoms with van der Waals surface area (Å²) in [6.45, 7) is 2.96. The van der Waals surface area contributed by atoms with Crippen molar-refractivity contribution in [3.8, 4) is 0 Å². The minimum absolute atomic E-state index is 0.0712. The molecule has 4 heteroatoms. The number of benzene rings is 1. The van der Waals surface area contributed by atoms with Crippen molar-refractivity contribution in [1.29, 1.82) is 0 Å². The number of carbonyl (C=O) groups is 1. The van der Waals surface area contributed by atoms with Crippen molar-refractivity contribution in [2.24, 2.45) is 5.92 Å². The fourth-order valence-corrected chi connectivity index (χ4v) is 4.68. The molecule has 124 valence electrons. The summed E-state index contributed by atoms with van der Waals surface area (Å²) in [6.07, 6.45) is 6.38. The fourth-order valence-electron chi connectivity index (χ4n) is 3.55. The molecule has 0 radical (unpaired) electrons. The van der Waals surface area contributed by atoms with Crippen LogP contribution in [0.15, 0.2) is 36.5 Å². The predicted molar refractivity (Wildman–Crippen MR) is 99.8 cm³/mol. The van der Waals surface area contributed by atoms with Crippen LogP contribution in [0.3, 0.4) is 0 Å². The van der Waals surface area contributed by atoms with E-state index in [9.17, 15) is 4.79 Å². The Bertz CT molecular complexity index is 877. The molecular weight excluding hydrogens is 316 g/mol. The number of hydrogen-bond donors (Lipinski definition) is 2. The molecule has 2 heterocycles. The maximum atomic E-state index is 12.4. The summed E-state index contributed by atoms with van der Waals surface area (Å²) in [4.78, 5) is 18.0. The third-order valence-corrected chi connectivity index (χ3v) is 6.14. The van der Waals surface area contributed by atoms with Crippen molar-refractivity contribution >= 4 is 28.1 Å². The maximum Gasteiger partial charge on any atom is 0.261 e. The van der Waals surface area contributed by atoms with Crippen molar-refractivity contribution in [3.63, 3.8) is 0 Å². The molecule has 1 unspecified atom stereocenters. The van der Waals surface area contributed by atoms with Crippen molar-refractivity contribution in [2.45, 2.75) is 32.6 Å². The molecule has 0 fully saturated rings. The van der Waals surface area contributed by atoms with Gasteiger partial charge in [0.25, 0.3) is 5.91 Å². The third kappa shape index (κ3) is 2.98. The quantitative estimate of drug-likeness (QED) is 0.731. The number of nitrogens with one attached hydrogen (secondary N) is 2. The molecule has 2 aromatic heterocycles. The maximum absolute atomic E-state index is 12.4. The number of H-pyrrole nitrogens is 1. The van der Waals surface area contributed by atoms with Crippen LogP contribution in [0.4, 0.5) is 0 Å². The molecule has 3 aromatic rings. The van der Waals surface area contributed by atoms with E-state index in [1.807, 2.05) is 12.3 Å². The molecule has 1 atom stereocenters. The van der Waals surface area contributed by atoms with Crippen LogP contribution in [-0.2, 0) is 19.3 Å². The first kappa shape index (κ1) is 15.5. The number of aryl methyl sites for hydroxylation is 1. The van der Waals surface area contributed by atoms with Gasteiger partial charge in [0, 0.05) is 28.5 Å². The number of fused-ring (bicyclic) bond motifs is 2. The number of rotatable bonds is 4. The minimum Gasteiger partial charge on any atom is -0.361 e. The lowest BCUT2D eigenvalue weighted by Gasteiger charge is -2.16. The van der Waals surface area contributed by atoms with Gasteiger partial charge in [-0.2, -0.15) is 0 Å². The molecule has 0 saturated carbocycles. The second-order valence-electron chi connectivity index (χ2n) is 6.77. The average molecular weight is 338 g/mol. The minimum atomic E-state index is 0.0712. The van der Waals surface area contributed by atoms with E-state index in [1.54, 1.807) is 11.3 Å². The van der Waals surface area contributed by atoms with Gasteiger partial charge in [0.1, 0.15) is 0 Å². The van der Waals surface area contributed by atoms with Crippen molar-refractivity contribution in [3.05, 3.63) is 57.4 Å². The van der Waals surface area contributed by atoms with Crippen molar-refractivity contribution < 1.29 is 4.79 Å². The molecule has 0 spiro atoms. The highest BCUT2D eigenvalue weighted by Gasteiger charge is 2.20. The van der Waals surface area contributed by atoms with Gasteiger partial charge in [0.2, 0.25) is 0 Å². The van der Waals surface area contributed by atoms with Crippen LogP contribution in [0.5, 0.6) is 0 Å². The Hall–Kier alpha value is -2.07. The Balaban J connectivity index is 1.38. The second kappa shape index (κ2) is 6.44. The summed E-state index contributed by atoms with van der Waals surface area (Å²) in [5.74, 6) is 0.812. The predicted octanol–water partition coefficient (Wildman–Crippen LogP) is 4.33. The first-order chi connectivity index (χ1) is 11.7. The summed E-state index contributed by atoms with van der Waals surface area (Å²) in [5.41, 5.74) is 3.80. The molecule has 4 rings (SSSR count). The van der Waals surface area contributed by atoms with Gasteiger partial charge in [-0.05, 0) is 54.9 Å². The first-order valence-corrected chi connectivity index (χ1v) is 9.47. The van der Waals surface area contributed by atoms with E-state index in [2.05, 4.69) is 41.5 Å². The molecule has 0 saturated heterocycles. The number of aromatic nitrogens is 1. The van der Waals surface area contributed by atoms with Crippen molar-refractivity contribution in [2.75, 3.05) is 6.54 Å². The van der Waals surface area contributed by atoms with Gasteiger partial charge in [0.05, 0.1) is 4.88 Å². The molecule has 1 amide bonds. The van der Waals surface area contributed by atoms with Gasteiger partial charge in [-0.1, -0.05) is 25.1 Å². The molecule has 1 aromatic carbocycles. The number of para-hydroxylation sites is 1. The molecule has 0 bridgehead atoms. The highest BCUT2D eigenvalue weighted by atomic mass is 32.1. The molecular formula is C20H22N2OS. The SMILES string of the molecule is CC1CCc2sc(C(=O)NCCc3c[nH]c4ccccc34)cc2C1. The average Bonchev–Trinajstić information content (AvgIpc) is 3.18. The van der Waals surface area contributed by atoms with Gasteiger partial charge < -0.3 is 10.3 Å². The smallest absolute Gasteiger partial charge is 0.261 e. The van der Waals surface area contributed by atoms with E-state index in [4.69, 9.17) is 0 Å². The molecule has 0 aliphatic heterocycles. The zero-order chi connectivity index (χ0) is 16.5. The van der Waals surface area contributed by atoms with E-state index in [-0.39, 0.29) is 5.91 Å². The van der Waals surface area contributed by atoms with Crippen LogP contribution in [0.1, 0.15) is 39.0 Å². The van der Waals surface area contributed by atoms with E-state index >= 15 is 0 Å². The third-order valence-electron chi connectivity index (χ3n) is 4.91. The van der Waals surface area contributed by atoms with Gasteiger partial charge in [-0.3, -0.25) is 4.79 Å². The van der Waals surface area contributed by atoms with Crippen LogP contribution in [0.2, 0.25) is 0 Å².